The number of thioether (sulfide) groups is 1. The van der Waals surface area contributed by atoms with Gasteiger partial charge in [-0.3, -0.25) is 13.7 Å². The summed E-state index contributed by atoms with van der Waals surface area (Å²) in [5.74, 6) is 0.0670. The van der Waals surface area contributed by atoms with Crippen molar-refractivity contribution < 1.29 is 48.4 Å². The quantitative estimate of drug-likeness (QED) is 0.0213. The molecule has 0 atom stereocenters. The van der Waals surface area contributed by atoms with E-state index in [-0.39, 0.29) is 44.0 Å². The molecule has 83 heavy (non-hydrogen) atoms. The number of ether oxygens (including phenoxy) is 2. The van der Waals surface area contributed by atoms with E-state index in [1.165, 1.54) is 26.4 Å². The van der Waals surface area contributed by atoms with Crippen LogP contribution < -0.4 is 29.9 Å². The molecule has 436 valence electrons. The van der Waals surface area contributed by atoms with Gasteiger partial charge < -0.3 is 29.9 Å². The van der Waals surface area contributed by atoms with Gasteiger partial charge in [-0.05, 0) is 123 Å². The Morgan fingerprint density at radius 2 is 0.988 bits per heavy atom. The Balaban J connectivity index is 1.15. The molecule has 0 bridgehead atoms. The van der Waals surface area contributed by atoms with Crippen LogP contribution in [0.15, 0.2) is 96.1 Å². The van der Waals surface area contributed by atoms with E-state index in [1.54, 1.807) is 62.4 Å². The minimum absolute atomic E-state index is 0.0408. The number of hydrogen-bond donors (Lipinski definition) is 5. The van der Waals surface area contributed by atoms with Gasteiger partial charge in [0.2, 0.25) is 11.9 Å². The first-order valence-corrected chi connectivity index (χ1v) is 33.4. The second-order valence-electron chi connectivity index (χ2n) is 17.8. The average molecular weight is 1280 g/mol. The highest BCUT2D eigenvalue weighted by atomic mass is 32.2. The third-order valence-electron chi connectivity index (χ3n) is 12.7. The number of anilines is 6. The van der Waals surface area contributed by atoms with Crippen LogP contribution in [0.1, 0.15) is 38.8 Å². The van der Waals surface area contributed by atoms with Gasteiger partial charge in [0.15, 0.2) is 24.8 Å². The second kappa shape index (κ2) is 25.1. The fourth-order valence-electron chi connectivity index (χ4n) is 8.56. The van der Waals surface area contributed by atoms with Crippen molar-refractivity contribution in [3.8, 4) is 34.0 Å². The first-order chi connectivity index (χ1) is 39.5. The van der Waals surface area contributed by atoms with Crippen LogP contribution in [-0.4, -0.2) is 123 Å². The minimum atomic E-state index is -4.56. The third kappa shape index (κ3) is 13.5. The maximum atomic E-state index is 12.3. The van der Waals surface area contributed by atoms with Crippen molar-refractivity contribution in [3.05, 3.63) is 71.8 Å². The zero-order chi connectivity index (χ0) is 59.5. The molecule has 0 saturated heterocycles. The summed E-state index contributed by atoms with van der Waals surface area (Å²) < 4.78 is 133. The lowest BCUT2D eigenvalue weighted by Crippen LogP contribution is -2.22. The number of aromatic nitrogens is 7. The Hall–Kier alpha value is -6.99. The topological polar surface area (TPSA) is 352 Å². The largest absolute Gasteiger partial charge is 0.494 e. The van der Waals surface area contributed by atoms with Crippen LogP contribution in [0.4, 0.5) is 56.0 Å². The van der Waals surface area contributed by atoms with Gasteiger partial charge in [0.25, 0.3) is 30.4 Å². The summed E-state index contributed by atoms with van der Waals surface area (Å²) in [6.45, 7) is 13.4. The van der Waals surface area contributed by atoms with E-state index in [2.05, 4.69) is 58.1 Å². The summed E-state index contributed by atoms with van der Waals surface area (Å²) in [5.41, 5.74) is 4.78. The number of benzene rings is 4. The second-order valence-corrected chi connectivity index (χ2v) is 26.2. The highest BCUT2D eigenvalue weighted by Gasteiger charge is 2.25. The van der Waals surface area contributed by atoms with E-state index >= 15 is 0 Å². The lowest BCUT2D eigenvalue weighted by molar-refractivity contribution is 0.414. The van der Waals surface area contributed by atoms with Crippen LogP contribution in [0.2, 0.25) is 0 Å². The average Bonchev–Trinajstić information content (AvgIpc) is 4.43. The number of aryl methyl sites for hydroxylation is 2. The van der Waals surface area contributed by atoms with Crippen LogP contribution in [0.5, 0.6) is 11.5 Å². The molecular weight excluding hydrogens is 1230 g/mol. The van der Waals surface area contributed by atoms with Gasteiger partial charge in [0, 0.05) is 55.2 Å². The number of rotatable bonds is 24. The molecule has 0 aliphatic heterocycles. The van der Waals surface area contributed by atoms with Crippen LogP contribution in [0.25, 0.3) is 42.9 Å². The van der Waals surface area contributed by atoms with E-state index in [0.29, 0.717) is 125 Å². The first-order valence-electron chi connectivity index (χ1n) is 24.9. The Kier molecular flexibility index (Phi) is 18.3. The van der Waals surface area contributed by atoms with Gasteiger partial charge in [-0.15, -0.1) is 20.5 Å². The van der Waals surface area contributed by atoms with Gasteiger partial charge >= 0.3 is 0 Å². The molecule has 0 radical (unpaired) electrons. The molecule has 26 nitrogen and oxygen atoms in total. The lowest BCUT2D eigenvalue weighted by atomic mass is 10.1. The van der Waals surface area contributed by atoms with Crippen molar-refractivity contribution in [2.45, 2.75) is 56.5 Å². The summed E-state index contributed by atoms with van der Waals surface area (Å²) in [7, 11) is -10.4. The van der Waals surface area contributed by atoms with Gasteiger partial charge in [0.05, 0.1) is 74.7 Å². The number of hydrogen-bond acceptors (Lipinski definition) is 28. The summed E-state index contributed by atoms with van der Waals surface area (Å²) in [6, 6.07) is 16.1. The molecule has 4 aromatic carbocycles. The van der Waals surface area contributed by atoms with E-state index in [1.807, 2.05) is 27.7 Å². The van der Waals surface area contributed by atoms with Crippen molar-refractivity contribution in [2.75, 3.05) is 72.3 Å². The molecule has 9 aromatic rings. The monoisotopic (exact) mass is 1280 g/mol. The Morgan fingerprint density at radius 3 is 1.36 bits per heavy atom. The van der Waals surface area contributed by atoms with Crippen molar-refractivity contribution in [1.29, 1.82) is 0 Å². The fraction of sp³-hybridized carbons (Fsp3) is 0.286. The van der Waals surface area contributed by atoms with E-state index < -0.39 is 36.1 Å². The number of nitrogens with zero attached hydrogens (tertiary/aromatic N) is 13. The third-order valence-corrected chi connectivity index (χ3v) is 19.7. The zero-order valence-electron chi connectivity index (χ0n) is 45.2. The summed E-state index contributed by atoms with van der Waals surface area (Å²) in [4.78, 5) is 18.8. The number of methoxy groups -OCH3 is 2. The van der Waals surface area contributed by atoms with Gasteiger partial charge in [-0.1, -0.05) is 36.0 Å². The van der Waals surface area contributed by atoms with E-state index in [4.69, 9.17) is 24.7 Å². The SMILES string of the molecule is CCN(CC)c1cc(Nc2nc(Nc3cc(N(CC)CC)c(OC)cc3/N=N/c3snc4snc(-c5ccc(C)c(S(=O)(=O)O)c5)c34)nc(SCCS(=O)(=O)O)n2)c(/N=N/c2snc3snc(-c4ccc(C)c(S(=O)(=O)O)c4)c23)cc1OC. The van der Waals surface area contributed by atoms with Gasteiger partial charge in [-0.25, -0.2) is 0 Å². The highest BCUT2D eigenvalue weighted by molar-refractivity contribution is 8.00. The zero-order valence-corrected chi connectivity index (χ0v) is 51.7. The Labute approximate surface area is 497 Å². The molecule has 0 saturated carbocycles. The smallest absolute Gasteiger partial charge is 0.294 e. The minimum Gasteiger partial charge on any atom is -0.494 e. The fourth-order valence-corrected chi connectivity index (χ4v) is 14.9. The molecule has 9 rings (SSSR count). The summed E-state index contributed by atoms with van der Waals surface area (Å²) >= 11 is 5.20. The van der Waals surface area contributed by atoms with Crippen LogP contribution in [-0.2, 0) is 30.4 Å². The first kappa shape index (κ1) is 60.6. The van der Waals surface area contributed by atoms with Crippen molar-refractivity contribution >= 4 is 165 Å². The molecule has 0 spiro atoms. The van der Waals surface area contributed by atoms with Gasteiger partial charge in [-0.2, -0.15) is 57.7 Å². The molecular formula is C49H51N15O11S8. The standard InChI is InChI=1S/C49H51N15O11S8/c1-9-63(10-2)33-21-29(31(23-35(33)74-7)55-57-43-39-41(59-79-45(39)61-77-43)27-15-13-25(5)37(19-27)82(68,69)70)50-47-52-48(54-49(53-47)76-17-18-81(65,66)67)51-30-22-34(64(11-3)12-4)36(75-8)24-32(30)56-58-44-40-42(60-80-46(40)62-78-44)28-16-14-26(6)38(20-28)83(71,72)73/h13-16,19-24H,9-12,17-18H2,1-8H3,(H,65,66,67)(H,68,69,70)(H,71,72,73)(H2,50,51,52,53,54)/b57-55+,58-56+. The molecule has 0 aliphatic rings. The predicted octanol–water partition coefficient (Wildman–Crippen LogP) is 12.5. The number of azo groups is 2. The van der Waals surface area contributed by atoms with Crippen molar-refractivity contribution in [2.24, 2.45) is 20.5 Å². The van der Waals surface area contributed by atoms with Crippen LogP contribution >= 0.6 is 57.9 Å². The highest BCUT2D eigenvalue weighted by Crippen LogP contribution is 2.47. The van der Waals surface area contributed by atoms with Crippen LogP contribution in [0, 0.1) is 13.8 Å². The molecule has 0 aliphatic carbocycles. The summed E-state index contributed by atoms with van der Waals surface area (Å²) in [5, 5.41) is 27.0. The maximum Gasteiger partial charge on any atom is 0.294 e. The van der Waals surface area contributed by atoms with E-state index in [0.717, 1.165) is 57.9 Å². The normalized spacial score (nSPS) is 12.3. The number of fused-ring (bicyclic) bond motifs is 2. The lowest BCUT2D eigenvalue weighted by Gasteiger charge is -2.25. The van der Waals surface area contributed by atoms with E-state index in [9.17, 15) is 38.9 Å². The molecule has 5 aromatic heterocycles. The molecule has 0 unspecified atom stereocenters. The summed E-state index contributed by atoms with van der Waals surface area (Å²) in [6.07, 6.45) is 0. The predicted molar refractivity (Wildman–Crippen MR) is 326 cm³/mol. The maximum absolute atomic E-state index is 12.3. The Morgan fingerprint density at radius 1 is 0.566 bits per heavy atom. The van der Waals surface area contributed by atoms with Crippen LogP contribution in [0.3, 0.4) is 0 Å². The van der Waals surface area contributed by atoms with Crippen molar-refractivity contribution in [3.63, 3.8) is 0 Å². The molecule has 34 heteroatoms. The molecule has 5 heterocycles. The Bertz CT molecular complexity index is 4080. The molecule has 0 amide bonds. The number of nitrogens with one attached hydrogen (secondary N) is 2. The molecule has 5 N–H and O–H groups in total. The van der Waals surface area contributed by atoms with Gasteiger partial charge in [0.1, 0.15) is 22.9 Å². The molecule has 0 fully saturated rings. The van der Waals surface area contributed by atoms with Crippen molar-refractivity contribution in [1.82, 2.24) is 32.4 Å².